The summed E-state index contributed by atoms with van der Waals surface area (Å²) in [4.78, 5) is 2.74. The average molecular weight is 343 g/mol. The number of rotatable bonds is 3. The van der Waals surface area contributed by atoms with Gasteiger partial charge in [-0.25, -0.2) is 0 Å². The summed E-state index contributed by atoms with van der Waals surface area (Å²) in [5, 5.41) is 3.27. The zero-order valence-corrected chi connectivity index (χ0v) is 12.3. The first-order valence-corrected chi connectivity index (χ1v) is 7.14. The third kappa shape index (κ3) is 2.47. The van der Waals surface area contributed by atoms with Crippen molar-refractivity contribution in [3.8, 4) is 10.4 Å². The van der Waals surface area contributed by atoms with E-state index in [0.29, 0.717) is 6.04 Å². The van der Waals surface area contributed by atoms with E-state index in [0.717, 1.165) is 0 Å². The molecule has 1 unspecified atom stereocenters. The second-order valence-electron chi connectivity index (χ2n) is 3.69. The van der Waals surface area contributed by atoms with Crippen LogP contribution >= 0.6 is 33.9 Å². The lowest BCUT2D eigenvalue weighted by Gasteiger charge is -2.06. The van der Waals surface area contributed by atoms with Crippen LogP contribution in [0.25, 0.3) is 10.4 Å². The van der Waals surface area contributed by atoms with E-state index in [2.05, 4.69) is 71.2 Å². The molecule has 0 radical (unpaired) electrons. The van der Waals surface area contributed by atoms with Crippen molar-refractivity contribution < 1.29 is 0 Å². The maximum Gasteiger partial charge on any atom is 0.0383 e. The van der Waals surface area contributed by atoms with Gasteiger partial charge in [-0.1, -0.05) is 18.2 Å². The van der Waals surface area contributed by atoms with Crippen molar-refractivity contribution in [3.63, 3.8) is 0 Å². The van der Waals surface area contributed by atoms with Gasteiger partial charge in [-0.3, -0.25) is 0 Å². The van der Waals surface area contributed by atoms with Crippen LogP contribution in [0, 0.1) is 3.57 Å². The second-order valence-corrected chi connectivity index (χ2v) is 5.97. The van der Waals surface area contributed by atoms with Gasteiger partial charge in [-0.15, -0.1) is 11.3 Å². The molecular formula is C13H14INS. The Morgan fingerprint density at radius 2 is 1.94 bits per heavy atom. The van der Waals surface area contributed by atoms with Gasteiger partial charge < -0.3 is 5.32 Å². The monoisotopic (exact) mass is 343 g/mol. The summed E-state index contributed by atoms with van der Waals surface area (Å²) in [6.45, 7) is 2.19. The third-order valence-corrected chi connectivity index (χ3v) is 4.87. The standard InChI is InChI=1S/C13H14INS/c1-9(15-2)12-7-8-13(16-12)10-5-3-4-6-11(10)14/h3-9,15H,1-2H3. The molecule has 1 N–H and O–H groups in total. The zero-order chi connectivity index (χ0) is 11.5. The Morgan fingerprint density at radius 3 is 2.62 bits per heavy atom. The highest BCUT2D eigenvalue weighted by molar-refractivity contribution is 14.1. The smallest absolute Gasteiger partial charge is 0.0383 e. The van der Waals surface area contributed by atoms with Gasteiger partial charge in [0.2, 0.25) is 0 Å². The maximum absolute atomic E-state index is 3.27. The molecule has 3 heteroatoms. The van der Waals surface area contributed by atoms with Crippen LogP contribution in [0.15, 0.2) is 36.4 Å². The van der Waals surface area contributed by atoms with Crippen molar-refractivity contribution in [3.05, 3.63) is 44.8 Å². The summed E-state index contributed by atoms with van der Waals surface area (Å²) in [6, 6.07) is 13.4. The predicted octanol–water partition coefficient (Wildman–Crippen LogP) is 4.30. The minimum absolute atomic E-state index is 0.431. The molecule has 1 nitrogen and oxygen atoms in total. The van der Waals surface area contributed by atoms with Gasteiger partial charge in [0.1, 0.15) is 0 Å². The second kappa shape index (κ2) is 5.29. The quantitative estimate of drug-likeness (QED) is 0.820. The Hall–Kier alpha value is -0.390. The number of benzene rings is 1. The molecule has 0 bridgehead atoms. The van der Waals surface area contributed by atoms with Crippen LogP contribution < -0.4 is 5.32 Å². The minimum atomic E-state index is 0.431. The van der Waals surface area contributed by atoms with E-state index < -0.39 is 0 Å². The lowest BCUT2D eigenvalue weighted by Crippen LogP contribution is -2.10. The van der Waals surface area contributed by atoms with Crippen LogP contribution in [-0.4, -0.2) is 7.05 Å². The van der Waals surface area contributed by atoms with E-state index in [1.807, 2.05) is 18.4 Å². The molecule has 0 aliphatic rings. The highest BCUT2D eigenvalue weighted by Gasteiger charge is 2.09. The zero-order valence-electron chi connectivity index (χ0n) is 9.33. The van der Waals surface area contributed by atoms with Crippen molar-refractivity contribution in [2.45, 2.75) is 13.0 Å². The molecule has 0 fully saturated rings. The molecule has 1 heterocycles. The molecular weight excluding hydrogens is 329 g/mol. The van der Waals surface area contributed by atoms with E-state index >= 15 is 0 Å². The molecule has 1 atom stereocenters. The van der Waals surface area contributed by atoms with E-state index in [4.69, 9.17) is 0 Å². The SMILES string of the molecule is CNC(C)c1ccc(-c2ccccc2I)s1. The predicted molar refractivity (Wildman–Crippen MR) is 79.9 cm³/mol. The van der Waals surface area contributed by atoms with Crippen molar-refractivity contribution in [2.24, 2.45) is 0 Å². The lowest BCUT2D eigenvalue weighted by atomic mass is 10.2. The summed E-state index contributed by atoms with van der Waals surface area (Å²) < 4.78 is 1.31. The highest BCUT2D eigenvalue weighted by Crippen LogP contribution is 2.33. The Kier molecular flexibility index (Phi) is 4.00. The van der Waals surface area contributed by atoms with E-state index in [-0.39, 0.29) is 0 Å². The van der Waals surface area contributed by atoms with Crippen molar-refractivity contribution in [2.75, 3.05) is 7.05 Å². The molecule has 16 heavy (non-hydrogen) atoms. The first-order chi connectivity index (χ1) is 7.72. The van der Waals surface area contributed by atoms with Gasteiger partial charge in [0, 0.05) is 24.9 Å². The number of halogens is 1. The Bertz CT molecular complexity index is 478. The third-order valence-electron chi connectivity index (χ3n) is 2.63. The molecule has 1 aromatic carbocycles. The normalized spacial score (nSPS) is 12.7. The topological polar surface area (TPSA) is 12.0 Å². The van der Waals surface area contributed by atoms with Gasteiger partial charge in [0.05, 0.1) is 0 Å². The Morgan fingerprint density at radius 1 is 1.19 bits per heavy atom. The van der Waals surface area contributed by atoms with Gasteiger partial charge in [-0.2, -0.15) is 0 Å². The molecule has 1 aromatic heterocycles. The van der Waals surface area contributed by atoms with Crippen LogP contribution in [0.3, 0.4) is 0 Å². The van der Waals surface area contributed by atoms with Gasteiger partial charge >= 0.3 is 0 Å². The van der Waals surface area contributed by atoms with Gasteiger partial charge in [0.25, 0.3) is 0 Å². The molecule has 0 saturated heterocycles. The number of nitrogens with one attached hydrogen (secondary N) is 1. The lowest BCUT2D eigenvalue weighted by molar-refractivity contribution is 0.664. The summed E-state index contributed by atoms with van der Waals surface area (Å²) in [5.74, 6) is 0. The average Bonchev–Trinajstić information content (AvgIpc) is 2.78. The fourth-order valence-corrected chi connectivity index (χ4v) is 3.50. The summed E-state index contributed by atoms with van der Waals surface area (Å²) >= 11 is 4.26. The summed E-state index contributed by atoms with van der Waals surface area (Å²) in [7, 11) is 2.00. The van der Waals surface area contributed by atoms with E-state index in [1.165, 1.54) is 18.9 Å². The van der Waals surface area contributed by atoms with Crippen molar-refractivity contribution in [1.82, 2.24) is 5.32 Å². The first-order valence-electron chi connectivity index (χ1n) is 5.24. The highest BCUT2D eigenvalue weighted by atomic mass is 127. The Labute approximate surface area is 114 Å². The first kappa shape index (κ1) is 12.1. The number of hydrogen-bond donors (Lipinski definition) is 1. The van der Waals surface area contributed by atoms with Crippen LogP contribution in [0.1, 0.15) is 17.8 Å². The Balaban J connectivity index is 2.35. The molecule has 2 aromatic rings. The van der Waals surface area contributed by atoms with Crippen LogP contribution in [0.5, 0.6) is 0 Å². The molecule has 0 aliphatic heterocycles. The van der Waals surface area contributed by atoms with Crippen LogP contribution in [0.4, 0.5) is 0 Å². The molecule has 0 saturated carbocycles. The van der Waals surface area contributed by atoms with Crippen LogP contribution in [0.2, 0.25) is 0 Å². The van der Waals surface area contributed by atoms with Gasteiger partial charge in [0.15, 0.2) is 0 Å². The van der Waals surface area contributed by atoms with E-state index in [9.17, 15) is 0 Å². The van der Waals surface area contributed by atoms with Gasteiger partial charge in [-0.05, 0) is 54.8 Å². The number of thiophene rings is 1. The maximum atomic E-state index is 3.27. The minimum Gasteiger partial charge on any atom is -0.313 e. The van der Waals surface area contributed by atoms with Crippen LogP contribution in [-0.2, 0) is 0 Å². The molecule has 2 rings (SSSR count). The molecule has 0 spiro atoms. The molecule has 84 valence electrons. The fraction of sp³-hybridized carbons (Fsp3) is 0.231. The van der Waals surface area contributed by atoms with E-state index in [1.54, 1.807) is 0 Å². The van der Waals surface area contributed by atoms with Crippen molar-refractivity contribution in [1.29, 1.82) is 0 Å². The summed E-state index contributed by atoms with van der Waals surface area (Å²) in [6.07, 6.45) is 0. The number of hydrogen-bond acceptors (Lipinski definition) is 2. The van der Waals surface area contributed by atoms with Crippen molar-refractivity contribution >= 4 is 33.9 Å². The largest absolute Gasteiger partial charge is 0.313 e. The molecule has 0 aliphatic carbocycles. The summed E-state index contributed by atoms with van der Waals surface area (Å²) in [5.41, 5.74) is 1.34. The molecule has 0 amide bonds. The fourth-order valence-electron chi connectivity index (χ4n) is 1.53.